The van der Waals surface area contributed by atoms with Gasteiger partial charge in [0.1, 0.15) is 33.1 Å². The molecular formula is C40H51NO7Si2. The van der Waals surface area contributed by atoms with Gasteiger partial charge in [0.15, 0.2) is 26.1 Å². The van der Waals surface area contributed by atoms with Crippen LogP contribution in [0.1, 0.15) is 38.8 Å². The molecule has 2 aliphatic heterocycles. The summed E-state index contributed by atoms with van der Waals surface area (Å²) in [6, 6.07) is 13.6. The maximum atomic E-state index is 13.8. The quantitative estimate of drug-likeness (QED) is 0.124. The lowest BCUT2D eigenvalue weighted by molar-refractivity contribution is -0.0543. The summed E-state index contributed by atoms with van der Waals surface area (Å²) in [4.78, 5) is 15.4. The van der Waals surface area contributed by atoms with E-state index in [9.17, 15) is 4.79 Å². The number of carbonyl (C=O) groups is 1. The average molecular weight is 714 g/mol. The summed E-state index contributed by atoms with van der Waals surface area (Å²) in [5.41, 5.74) is 7.43. The molecule has 4 rings (SSSR count). The molecule has 0 fully saturated rings. The zero-order valence-electron chi connectivity index (χ0n) is 31.0. The van der Waals surface area contributed by atoms with E-state index in [2.05, 4.69) is 70.3 Å². The van der Waals surface area contributed by atoms with Gasteiger partial charge in [0.2, 0.25) is 0 Å². The van der Waals surface area contributed by atoms with Crippen LogP contribution in [0.2, 0.25) is 37.8 Å². The van der Waals surface area contributed by atoms with Gasteiger partial charge in [0, 0.05) is 16.7 Å². The maximum Gasteiger partial charge on any atom is 0.415 e. The Kier molecular flexibility index (Phi) is 13.2. The van der Waals surface area contributed by atoms with Crippen molar-refractivity contribution in [1.29, 1.82) is 0 Å². The summed E-state index contributed by atoms with van der Waals surface area (Å²) in [6.45, 7) is 19.3. The molecule has 3 atom stereocenters. The Hall–Kier alpha value is -4.20. The average Bonchev–Trinajstić information content (AvgIpc) is 3.44. The molecule has 0 saturated heterocycles. The number of methoxy groups -OCH3 is 2. The highest BCUT2D eigenvalue weighted by Crippen LogP contribution is 2.49. The van der Waals surface area contributed by atoms with E-state index < -0.39 is 34.8 Å². The van der Waals surface area contributed by atoms with Crippen LogP contribution in [0.15, 0.2) is 66.8 Å². The lowest BCUT2D eigenvalue weighted by Crippen LogP contribution is -2.45. The molecule has 0 aliphatic carbocycles. The molecule has 2 heterocycles. The van der Waals surface area contributed by atoms with Crippen LogP contribution in [0.5, 0.6) is 17.2 Å². The molecule has 0 aromatic heterocycles. The number of rotatable bonds is 12. The number of benzene rings is 2. The Morgan fingerprint density at radius 1 is 0.980 bits per heavy atom. The molecule has 1 amide bonds. The van der Waals surface area contributed by atoms with E-state index in [0.29, 0.717) is 29.5 Å². The number of ether oxygens (including phenoxy) is 5. The fourth-order valence-electron chi connectivity index (χ4n) is 6.11. The van der Waals surface area contributed by atoms with E-state index in [1.807, 2.05) is 43.3 Å². The summed E-state index contributed by atoms with van der Waals surface area (Å²) in [6.07, 6.45) is 3.54. The molecule has 0 bridgehead atoms. The van der Waals surface area contributed by atoms with Crippen molar-refractivity contribution in [1.82, 2.24) is 0 Å². The van der Waals surface area contributed by atoms with Crippen molar-refractivity contribution < 1.29 is 32.9 Å². The molecule has 1 unspecified atom stereocenters. The third-order valence-corrected chi connectivity index (χ3v) is 14.4. The predicted octanol–water partition coefficient (Wildman–Crippen LogP) is 8.75. The van der Waals surface area contributed by atoms with Crippen molar-refractivity contribution >= 4 is 33.7 Å². The zero-order valence-corrected chi connectivity index (χ0v) is 33.0. The Labute approximate surface area is 300 Å². The standard InChI is InChI=1S/C40H51NO7Si2/c1-11-24-45-40(42)41-33-22-21-31(46-28-30-20-23-35(43-6)36(26-30)44-7)27-32(33)38-37(34(41)19-17-15-16-18-25-49(8,9)10)29(5)47-39(38)48-50(12-2,13-3)14-4/h11,15-16,20-23,26-27,29,34,39H,1,12-14,24,28H2,2-10H3/b16-15-/t29-,34-,39?/m0/s1. The first-order valence-corrected chi connectivity index (χ1v) is 23.3. The van der Waals surface area contributed by atoms with Gasteiger partial charge in [-0.05, 0) is 73.1 Å². The van der Waals surface area contributed by atoms with Crippen LogP contribution in [0.3, 0.4) is 0 Å². The van der Waals surface area contributed by atoms with E-state index in [1.54, 1.807) is 37.3 Å². The molecule has 50 heavy (non-hydrogen) atoms. The second kappa shape index (κ2) is 17.1. The molecule has 0 spiro atoms. The van der Waals surface area contributed by atoms with Gasteiger partial charge in [-0.3, -0.25) is 4.90 Å². The number of carbonyl (C=O) groups excluding carboxylic acids is 1. The van der Waals surface area contributed by atoms with Gasteiger partial charge >= 0.3 is 6.09 Å². The Morgan fingerprint density at radius 3 is 2.32 bits per heavy atom. The second-order valence-electron chi connectivity index (χ2n) is 13.3. The fourth-order valence-corrected chi connectivity index (χ4v) is 9.25. The van der Waals surface area contributed by atoms with Gasteiger partial charge < -0.3 is 28.1 Å². The number of hydrogen-bond acceptors (Lipinski definition) is 7. The first kappa shape index (κ1) is 38.6. The third kappa shape index (κ3) is 8.93. The number of fused-ring (bicyclic) bond motifs is 2. The molecule has 0 saturated carbocycles. The molecule has 8 nitrogen and oxygen atoms in total. The molecule has 0 radical (unpaired) electrons. The highest BCUT2D eigenvalue weighted by molar-refractivity contribution is 6.83. The zero-order chi connectivity index (χ0) is 36.5. The molecule has 0 N–H and O–H groups in total. The van der Waals surface area contributed by atoms with Crippen LogP contribution in [0, 0.1) is 23.3 Å². The van der Waals surface area contributed by atoms with Crippen LogP contribution < -0.4 is 19.1 Å². The summed E-state index contributed by atoms with van der Waals surface area (Å²) in [7, 11) is -0.432. The van der Waals surface area contributed by atoms with Crippen LogP contribution in [-0.4, -0.2) is 61.7 Å². The van der Waals surface area contributed by atoms with E-state index in [1.165, 1.54) is 0 Å². The van der Waals surface area contributed by atoms with E-state index in [0.717, 1.165) is 40.4 Å². The molecule has 2 aromatic carbocycles. The van der Waals surface area contributed by atoms with E-state index >= 15 is 0 Å². The van der Waals surface area contributed by atoms with Crippen LogP contribution in [0.25, 0.3) is 5.57 Å². The van der Waals surface area contributed by atoms with Crippen molar-refractivity contribution in [2.24, 2.45) is 0 Å². The third-order valence-electron chi connectivity index (χ3n) is 8.96. The Bertz CT molecular complexity index is 1730. The SMILES string of the molecule is C=CCOC(=O)N1c2ccc(OCc3ccc(OC)c(OC)c3)cc2C2=C([C@H](C)OC2O[Si](CC)(CC)CC)[C@@H]1C#C/C=C\C#C[Si](C)(C)C. The van der Waals surface area contributed by atoms with Crippen molar-refractivity contribution in [2.45, 2.75) is 90.5 Å². The highest BCUT2D eigenvalue weighted by atomic mass is 28.4. The van der Waals surface area contributed by atoms with Crippen molar-refractivity contribution in [3.8, 4) is 40.6 Å². The minimum atomic E-state index is -2.12. The van der Waals surface area contributed by atoms with Crippen molar-refractivity contribution in [2.75, 3.05) is 25.7 Å². The smallest absolute Gasteiger partial charge is 0.415 e. The number of allylic oxidation sites excluding steroid dienone is 2. The lowest BCUT2D eigenvalue weighted by atomic mass is 9.87. The van der Waals surface area contributed by atoms with Crippen LogP contribution in [0.4, 0.5) is 10.5 Å². The van der Waals surface area contributed by atoms with E-state index in [-0.39, 0.29) is 12.7 Å². The van der Waals surface area contributed by atoms with Gasteiger partial charge in [-0.2, -0.15) is 0 Å². The summed E-state index contributed by atoms with van der Waals surface area (Å²) in [5, 5.41) is 0. The van der Waals surface area contributed by atoms with Gasteiger partial charge in [0.05, 0.1) is 26.0 Å². The molecule has 266 valence electrons. The minimum Gasteiger partial charge on any atom is -0.493 e. The van der Waals surface area contributed by atoms with Gasteiger partial charge in [0.25, 0.3) is 0 Å². The molecule has 10 heteroatoms. The van der Waals surface area contributed by atoms with Gasteiger partial charge in [-0.25, -0.2) is 4.79 Å². The number of amides is 1. The summed E-state index contributed by atoms with van der Waals surface area (Å²) < 4.78 is 36.5. The largest absolute Gasteiger partial charge is 0.493 e. The first-order chi connectivity index (χ1) is 23.9. The van der Waals surface area contributed by atoms with Gasteiger partial charge in [-0.15, -0.1) is 5.54 Å². The molecular weight excluding hydrogens is 663 g/mol. The topological polar surface area (TPSA) is 75.7 Å². The predicted molar refractivity (Wildman–Crippen MR) is 206 cm³/mol. The summed E-state index contributed by atoms with van der Waals surface area (Å²) in [5.74, 6) is 11.5. The second-order valence-corrected chi connectivity index (χ2v) is 22.8. The minimum absolute atomic E-state index is 0.0603. The lowest BCUT2D eigenvalue weighted by Gasteiger charge is -2.37. The van der Waals surface area contributed by atoms with Gasteiger partial charge in [-0.1, -0.05) is 76.9 Å². The molecule has 2 aromatic rings. The van der Waals surface area contributed by atoms with Crippen LogP contribution in [-0.2, 0) is 20.5 Å². The maximum absolute atomic E-state index is 13.8. The summed E-state index contributed by atoms with van der Waals surface area (Å²) >= 11 is 0. The normalized spacial score (nSPS) is 18.3. The first-order valence-electron chi connectivity index (χ1n) is 17.3. The Morgan fingerprint density at radius 2 is 1.68 bits per heavy atom. The van der Waals surface area contributed by atoms with Crippen molar-refractivity contribution in [3.05, 3.63) is 77.9 Å². The number of nitrogens with zero attached hydrogens (tertiary/aromatic N) is 1. The fraction of sp³-hybridized carbons (Fsp3) is 0.425. The number of hydrogen-bond donors (Lipinski definition) is 0. The van der Waals surface area contributed by atoms with Crippen LogP contribution >= 0.6 is 0 Å². The number of anilines is 1. The van der Waals surface area contributed by atoms with Crippen molar-refractivity contribution in [3.63, 3.8) is 0 Å². The van der Waals surface area contributed by atoms with E-state index in [4.69, 9.17) is 28.1 Å². The monoisotopic (exact) mass is 713 g/mol. The Balaban J connectivity index is 1.84. The highest BCUT2D eigenvalue weighted by Gasteiger charge is 2.48. The molecule has 2 aliphatic rings.